The minimum Gasteiger partial charge on any atom is -0.355 e. The molecule has 0 aromatic heterocycles. The summed E-state index contributed by atoms with van der Waals surface area (Å²) in [6.07, 6.45) is 10.4. The third-order valence-corrected chi connectivity index (χ3v) is 10.1. The molecule has 0 atom stereocenters. The first-order valence-electron chi connectivity index (χ1n) is 14.6. The predicted molar refractivity (Wildman–Crippen MR) is 143 cm³/mol. The zero-order chi connectivity index (χ0) is 25.6. The Hall–Kier alpha value is -2.57. The van der Waals surface area contributed by atoms with Gasteiger partial charge in [0.05, 0.1) is 12.1 Å². The smallest absolute Gasteiger partial charge is 0.250 e. The molecule has 7 heteroatoms. The Bertz CT molecular complexity index is 997. The van der Waals surface area contributed by atoms with E-state index in [1.165, 1.54) is 19.3 Å². The van der Waals surface area contributed by atoms with E-state index in [2.05, 4.69) is 22.0 Å². The molecule has 6 fully saturated rings. The number of nitrogens with zero attached hydrogens (tertiary/aromatic N) is 3. The highest BCUT2D eigenvalue weighted by molar-refractivity contribution is 5.96. The molecule has 1 N–H and O–H groups in total. The number of hydrogen-bond acceptors (Lipinski definition) is 4. The average Bonchev–Trinajstić information content (AvgIpc) is 3.15. The molecule has 1 aromatic rings. The summed E-state index contributed by atoms with van der Waals surface area (Å²) in [5, 5.41) is 2.96. The van der Waals surface area contributed by atoms with Crippen LogP contribution in [0.25, 0.3) is 0 Å². The molecule has 1 spiro atoms. The Labute approximate surface area is 220 Å². The first-order chi connectivity index (χ1) is 17.9. The van der Waals surface area contributed by atoms with Gasteiger partial charge >= 0.3 is 0 Å². The first-order valence-corrected chi connectivity index (χ1v) is 14.6. The van der Waals surface area contributed by atoms with Crippen molar-refractivity contribution < 1.29 is 14.4 Å². The summed E-state index contributed by atoms with van der Waals surface area (Å²) < 4.78 is 0. The fourth-order valence-electron chi connectivity index (χ4n) is 8.74. The summed E-state index contributed by atoms with van der Waals surface area (Å²) in [4.78, 5) is 46.5. The monoisotopic (exact) mass is 506 g/mol. The SMILES string of the molecule is CCCCNC(=O)CN1CN(c2ccccc2)C2(CCN(C(=O)C34CC5CC(CC(C5)C3)C4)CC2)C1=O. The summed E-state index contributed by atoms with van der Waals surface area (Å²) >= 11 is 0. The Balaban J connectivity index is 1.18. The molecule has 37 heavy (non-hydrogen) atoms. The van der Waals surface area contributed by atoms with Gasteiger partial charge in [-0.05, 0) is 87.7 Å². The van der Waals surface area contributed by atoms with Crippen molar-refractivity contribution in [1.82, 2.24) is 15.1 Å². The lowest BCUT2D eigenvalue weighted by atomic mass is 9.49. The highest BCUT2D eigenvalue weighted by Crippen LogP contribution is 2.60. The van der Waals surface area contributed by atoms with Crippen LogP contribution >= 0.6 is 0 Å². The normalized spacial score (nSPS) is 31.9. The molecule has 3 amide bonds. The van der Waals surface area contributed by atoms with Crippen molar-refractivity contribution in [3.05, 3.63) is 30.3 Å². The zero-order valence-corrected chi connectivity index (χ0v) is 22.3. The molecule has 4 aliphatic carbocycles. The highest BCUT2D eigenvalue weighted by atomic mass is 16.2. The van der Waals surface area contributed by atoms with Crippen LogP contribution in [0, 0.1) is 23.2 Å². The van der Waals surface area contributed by atoms with Gasteiger partial charge in [-0.1, -0.05) is 31.5 Å². The average molecular weight is 507 g/mol. The number of para-hydroxylation sites is 1. The second-order valence-corrected chi connectivity index (χ2v) is 12.6. The largest absolute Gasteiger partial charge is 0.355 e. The van der Waals surface area contributed by atoms with Gasteiger partial charge in [-0.3, -0.25) is 14.4 Å². The van der Waals surface area contributed by atoms with Crippen molar-refractivity contribution in [2.45, 2.75) is 76.7 Å². The van der Waals surface area contributed by atoms with Crippen LogP contribution in [0.2, 0.25) is 0 Å². The van der Waals surface area contributed by atoms with Gasteiger partial charge in [0.15, 0.2) is 0 Å². The topological polar surface area (TPSA) is 73.0 Å². The van der Waals surface area contributed by atoms with Crippen LogP contribution in [-0.2, 0) is 14.4 Å². The van der Waals surface area contributed by atoms with Crippen LogP contribution in [0.1, 0.15) is 71.1 Å². The quantitative estimate of drug-likeness (QED) is 0.571. The molecule has 200 valence electrons. The van der Waals surface area contributed by atoms with Gasteiger partial charge in [-0.2, -0.15) is 0 Å². The van der Waals surface area contributed by atoms with Gasteiger partial charge in [-0.15, -0.1) is 0 Å². The summed E-state index contributed by atoms with van der Waals surface area (Å²) in [6, 6.07) is 10.1. The van der Waals surface area contributed by atoms with Gasteiger partial charge in [0.1, 0.15) is 12.1 Å². The van der Waals surface area contributed by atoms with Gasteiger partial charge in [0.25, 0.3) is 5.91 Å². The van der Waals surface area contributed by atoms with E-state index in [-0.39, 0.29) is 23.8 Å². The van der Waals surface area contributed by atoms with Crippen molar-refractivity contribution in [3.8, 4) is 0 Å². The highest BCUT2D eigenvalue weighted by Gasteiger charge is 2.58. The first kappa shape index (κ1) is 24.7. The number of rotatable bonds is 7. The Morgan fingerprint density at radius 2 is 1.59 bits per heavy atom. The lowest BCUT2D eigenvalue weighted by Gasteiger charge is -2.57. The second-order valence-electron chi connectivity index (χ2n) is 12.6. The maximum absolute atomic E-state index is 14.0. The predicted octanol–water partition coefficient (Wildman–Crippen LogP) is 3.79. The molecule has 7 nitrogen and oxygen atoms in total. The number of anilines is 1. The summed E-state index contributed by atoms with van der Waals surface area (Å²) in [5.41, 5.74) is 0.176. The van der Waals surface area contributed by atoms with Crippen LogP contribution in [0.5, 0.6) is 0 Å². The van der Waals surface area contributed by atoms with Gasteiger partial charge in [0.2, 0.25) is 11.8 Å². The number of carbonyl (C=O) groups is 3. The fourth-order valence-corrected chi connectivity index (χ4v) is 8.74. The molecule has 1 aromatic carbocycles. The summed E-state index contributed by atoms with van der Waals surface area (Å²) in [7, 11) is 0. The van der Waals surface area contributed by atoms with Gasteiger partial charge in [0, 0.05) is 25.3 Å². The standard InChI is InChI=1S/C30H42N4O3/c1-2-3-11-31-26(35)20-33-21-34(25-7-5-4-6-8-25)30(28(33)37)9-12-32(13-10-30)27(36)29-17-22-14-23(18-29)16-24(15-22)19-29/h4-8,22-24H,2-3,9-21H2,1H3,(H,31,35). The van der Waals surface area contributed by atoms with E-state index < -0.39 is 5.54 Å². The number of likely N-dealkylation sites (tertiary alicyclic amines) is 1. The molecule has 2 saturated heterocycles. The molecular formula is C30H42N4O3. The van der Waals surface area contributed by atoms with Crippen molar-refractivity contribution in [2.75, 3.05) is 37.7 Å². The van der Waals surface area contributed by atoms with E-state index >= 15 is 0 Å². The Morgan fingerprint density at radius 1 is 0.973 bits per heavy atom. The molecule has 4 saturated carbocycles. The number of nitrogens with one attached hydrogen (secondary N) is 1. The van der Waals surface area contributed by atoms with Crippen molar-refractivity contribution in [1.29, 1.82) is 0 Å². The summed E-state index contributed by atoms with van der Waals surface area (Å²) in [6.45, 7) is 4.47. The van der Waals surface area contributed by atoms with E-state index in [9.17, 15) is 14.4 Å². The van der Waals surface area contributed by atoms with Crippen LogP contribution < -0.4 is 10.2 Å². The molecule has 6 aliphatic rings. The Morgan fingerprint density at radius 3 is 2.19 bits per heavy atom. The van der Waals surface area contributed by atoms with Crippen LogP contribution in [0.15, 0.2) is 30.3 Å². The minimum absolute atomic E-state index is 0.0314. The fraction of sp³-hybridized carbons (Fsp3) is 0.700. The third-order valence-electron chi connectivity index (χ3n) is 10.1. The molecular weight excluding hydrogens is 464 g/mol. The van der Waals surface area contributed by atoms with Crippen molar-refractivity contribution >= 4 is 23.4 Å². The molecule has 0 unspecified atom stereocenters. The van der Waals surface area contributed by atoms with Gasteiger partial charge < -0.3 is 20.0 Å². The number of amides is 3. The number of carbonyl (C=O) groups excluding carboxylic acids is 3. The number of piperidine rings is 1. The van der Waals surface area contributed by atoms with Crippen LogP contribution in [-0.4, -0.2) is 65.9 Å². The van der Waals surface area contributed by atoms with E-state index in [1.807, 2.05) is 30.3 Å². The lowest BCUT2D eigenvalue weighted by molar-refractivity contribution is -0.160. The minimum atomic E-state index is -0.691. The third kappa shape index (κ3) is 4.32. The van der Waals surface area contributed by atoms with Gasteiger partial charge in [-0.25, -0.2) is 0 Å². The Kier molecular flexibility index (Phi) is 6.44. The van der Waals surface area contributed by atoms with E-state index in [0.29, 0.717) is 45.1 Å². The number of hydrogen-bond donors (Lipinski definition) is 1. The molecule has 2 aliphatic heterocycles. The molecule has 0 radical (unpaired) electrons. The van der Waals surface area contributed by atoms with E-state index in [4.69, 9.17) is 0 Å². The van der Waals surface area contributed by atoms with Crippen LogP contribution in [0.4, 0.5) is 5.69 Å². The second kappa shape index (κ2) is 9.63. The van der Waals surface area contributed by atoms with E-state index in [0.717, 1.165) is 55.5 Å². The molecule has 4 bridgehead atoms. The number of benzene rings is 1. The lowest BCUT2D eigenvalue weighted by Crippen LogP contribution is -2.61. The van der Waals surface area contributed by atoms with Crippen LogP contribution in [0.3, 0.4) is 0 Å². The molecule has 7 rings (SSSR count). The van der Waals surface area contributed by atoms with Crippen molar-refractivity contribution in [3.63, 3.8) is 0 Å². The van der Waals surface area contributed by atoms with E-state index in [1.54, 1.807) is 4.90 Å². The van der Waals surface area contributed by atoms with Crippen molar-refractivity contribution in [2.24, 2.45) is 23.2 Å². The maximum atomic E-state index is 14.0. The molecule has 2 heterocycles. The zero-order valence-electron chi connectivity index (χ0n) is 22.3. The summed E-state index contributed by atoms with van der Waals surface area (Å²) in [5.74, 6) is 2.53. The maximum Gasteiger partial charge on any atom is 0.250 e. The number of unbranched alkanes of at least 4 members (excludes halogenated alkanes) is 1.